The minimum absolute atomic E-state index is 0.0787. The van der Waals surface area contributed by atoms with E-state index in [0.29, 0.717) is 10.1 Å². The number of aromatic nitrogens is 2. The molecule has 90 valence electrons. The molecule has 0 aliphatic rings. The molecule has 0 aromatic carbocycles. The largest absolute Gasteiger partial charge is 0.320 e. The summed E-state index contributed by atoms with van der Waals surface area (Å²) in [6.45, 7) is 9.23. The van der Waals surface area contributed by atoms with Crippen molar-refractivity contribution in [3.8, 4) is 0 Å². The predicted octanol–water partition coefficient (Wildman–Crippen LogP) is 1.72. The van der Waals surface area contributed by atoms with Crippen LogP contribution < -0.4 is 11.1 Å². The molecule has 3 N–H and O–H groups in total. The van der Waals surface area contributed by atoms with E-state index in [1.54, 1.807) is 0 Å². The number of nitrogens with one attached hydrogen (secondary N) is 1. The third-order valence-electron chi connectivity index (χ3n) is 1.88. The summed E-state index contributed by atoms with van der Waals surface area (Å²) in [5.41, 5.74) is 4.92. The van der Waals surface area contributed by atoms with Crippen LogP contribution >= 0.6 is 11.3 Å². The molecule has 0 bridgehead atoms. The lowest BCUT2D eigenvalue weighted by atomic mass is 9.96. The summed E-state index contributed by atoms with van der Waals surface area (Å²) in [6, 6.07) is 0. The maximum atomic E-state index is 11.7. The van der Waals surface area contributed by atoms with Crippen LogP contribution in [0.3, 0.4) is 0 Å². The Bertz CT molecular complexity index is 386. The Morgan fingerprint density at radius 1 is 1.25 bits per heavy atom. The van der Waals surface area contributed by atoms with Crippen LogP contribution in [0.5, 0.6) is 0 Å². The molecule has 1 rings (SSSR count). The fourth-order valence-electron chi connectivity index (χ4n) is 0.819. The van der Waals surface area contributed by atoms with Gasteiger partial charge in [-0.25, -0.2) is 0 Å². The van der Waals surface area contributed by atoms with Gasteiger partial charge in [-0.2, -0.15) is 0 Å². The molecule has 1 aromatic rings. The molecule has 16 heavy (non-hydrogen) atoms. The first-order valence-corrected chi connectivity index (χ1v) is 5.86. The summed E-state index contributed by atoms with van der Waals surface area (Å²) in [6.07, 6.45) is 0. The van der Waals surface area contributed by atoms with Gasteiger partial charge in [-0.15, -0.1) is 10.2 Å². The zero-order valence-corrected chi connectivity index (χ0v) is 11.1. The van der Waals surface area contributed by atoms with Crippen LogP contribution in [-0.4, -0.2) is 16.1 Å². The molecule has 1 heterocycles. The van der Waals surface area contributed by atoms with E-state index in [2.05, 4.69) is 15.5 Å². The standard InChI is InChI=1S/C10H18N4OS/c1-9(2,3)6(15)12-8-14-13-7(16-8)10(4,5)11/h11H2,1-5H3,(H,12,14,15). The lowest BCUT2D eigenvalue weighted by molar-refractivity contribution is -0.123. The van der Waals surface area contributed by atoms with Crippen LogP contribution in [0.4, 0.5) is 5.13 Å². The second-order valence-corrected chi connectivity index (χ2v) is 6.32. The molecular formula is C10H18N4OS. The molecular weight excluding hydrogens is 224 g/mol. The van der Waals surface area contributed by atoms with Crippen molar-refractivity contribution in [2.75, 3.05) is 5.32 Å². The Labute approximate surface area is 99.5 Å². The zero-order valence-electron chi connectivity index (χ0n) is 10.3. The van der Waals surface area contributed by atoms with Crippen molar-refractivity contribution in [2.24, 2.45) is 11.1 Å². The molecule has 0 saturated heterocycles. The van der Waals surface area contributed by atoms with Gasteiger partial charge in [0.1, 0.15) is 5.01 Å². The van der Waals surface area contributed by atoms with Crippen molar-refractivity contribution in [1.29, 1.82) is 0 Å². The SMILES string of the molecule is CC(C)(C)C(=O)Nc1nnc(C(C)(C)N)s1. The van der Waals surface area contributed by atoms with Gasteiger partial charge in [0, 0.05) is 5.41 Å². The molecule has 0 fully saturated rings. The second kappa shape index (κ2) is 4.10. The van der Waals surface area contributed by atoms with Gasteiger partial charge >= 0.3 is 0 Å². The topological polar surface area (TPSA) is 80.9 Å². The molecule has 0 saturated carbocycles. The molecule has 0 aliphatic carbocycles. The van der Waals surface area contributed by atoms with E-state index in [1.165, 1.54) is 11.3 Å². The number of anilines is 1. The van der Waals surface area contributed by atoms with Crippen LogP contribution in [0.2, 0.25) is 0 Å². The van der Waals surface area contributed by atoms with Gasteiger partial charge < -0.3 is 11.1 Å². The molecule has 0 atom stereocenters. The van der Waals surface area contributed by atoms with E-state index >= 15 is 0 Å². The van der Waals surface area contributed by atoms with E-state index in [4.69, 9.17) is 5.73 Å². The monoisotopic (exact) mass is 242 g/mol. The Kier molecular flexibility index (Phi) is 3.35. The summed E-state index contributed by atoms with van der Waals surface area (Å²) in [7, 11) is 0. The van der Waals surface area contributed by atoms with Gasteiger partial charge in [-0.1, -0.05) is 32.1 Å². The van der Waals surface area contributed by atoms with E-state index in [0.717, 1.165) is 0 Å². The molecule has 0 aliphatic heterocycles. The molecule has 0 spiro atoms. The Hall–Kier alpha value is -1.01. The van der Waals surface area contributed by atoms with Gasteiger partial charge in [-0.3, -0.25) is 4.79 Å². The number of amides is 1. The van der Waals surface area contributed by atoms with Crippen molar-refractivity contribution in [2.45, 2.75) is 40.2 Å². The third kappa shape index (κ3) is 3.24. The van der Waals surface area contributed by atoms with Crippen molar-refractivity contribution in [3.63, 3.8) is 0 Å². The first-order chi connectivity index (χ1) is 7.10. The van der Waals surface area contributed by atoms with Crippen molar-refractivity contribution < 1.29 is 4.79 Å². The van der Waals surface area contributed by atoms with Crippen molar-refractivity contribution in [3.05, 3.63) is 5.01 Å². The summed E-state index contributed by atoms with van der Waals surface area (Å²) >= 11 is 1.31. The number of hydrogen-bond donors (Lipinski definition) is 2. The van der Waals surface area contributed by atoms with Gasteiger partial charge in [0.15, 0.2) is 0 Å². The highest BCUT2D eigenvalue weighted by Gasteiger charge is 2.24. The predicted molar refractivity (Wildman–Crippen MR) is 65.2 cm³/mol. The van der Waals surface area contributed by atoms with Gasteiger partial charge in [-0.05, 0) is 13.8 Å². The molecule has 0 radical (unpaired) electrons. The first kappa shape index (κ1) is 13.1. The Morgan fingerprint density at radius 3 is 2.19 bits per heavy atom. The maximum Gasteiger partial charge on any atom is 0.231 e. The fraction of sp³-hybridized carbons (Fsp3) is 0.700. The highest BCUT2D eigenvalue weighted by atomic mass is 32.1. The van der Waals surface area contributed by atoms with E-state index < -0.39 is 11.0 Å². The number of nitrogens with zero attached hydrogens (tertiary/aromatic N) is 2. The third-order valence-corrected chi connectivity index (χ3v) is 3.06. The Balaban J connectivity index is 2.78. The summed E-state index contributed by atoms with van der Waals surface area (Å²) in [5, 5.41) is 11.8. The van der Waals surface area contributed by atoms with Crippen LogP contribution in [-0.2, 0) is 10.3 Å². The smallest absolute Gasteiger partial charge is 0.231 e. The minimum atomic E-state index is -0.525. The summed E-state index contributed by atoms with van der Waals surface area (Å²) in [5.74, 6) is -0.0787. The van der Waals surface area contributed by atoms with Gasteiger partial charge in [0.25, 0.3) is 0 Å². The summed E-state index contributed by atoms with van der Waals surface area (Å²) < 4.78 is 0. The second-order valence-electron chi connectivity index (χ2n) is 5.34. The summed E-state index contributed by atoms with van der Waals surface area (Å²) in [4.78, 5) is 11.7. The van der Waals surface area contributed by atoms with Crippen molar-refractivity contribution in [1.82, 2.24) is 10.2 Å². The van der Waals surface area contributed by atoms with E-state index in [-0.39, 0.29) is 5.91 Å². The fourth-order valence-corrected chi connectivity index (χ4v) is 1.57. The average molecular weight is 242 g/mol. The van der Waals surface area contributed by atoms with Gasteiger partial charge in [0.05, 0.1) is 5.54 Å². The van der Waals surface area contributed by atoms with Crippen LogP contribution in [0.25, 0.3) is 0 Å². The van der Waals surface area contributed by atoms with Crippen LogP contribution in [0.1, 0.15) is 39.6 Å². The molecule has 5 nitrogen and oxygen atoms in total. The van der Waals surface area contributed by atoms with E-state index in [9.17, 15) is 4.79 Å². The quantitative estimate of drug-likeness (QED) is 0.827. The van der Waals surface area contributed by atoms with E-state index in [1.807, 2.05) is 34.6 Å². The lowest BCUT2D eigenvalue weighted by Gasteiger charge is -2.16. The zero-order chi connectivity index (χ0) is 12.6. The lowest BCUT2D eigenvalue weighted by Crippen LogP contribution is -2.28. The Morgan fingerprint density at radius 2 is 1.81 bits per heavy atom. The minimum Gasteiger partial charge on any atom is -0.320 e. The molecule has 6 heteroatoms. The first-order valence-electron chi connectivity index (χ1n) is 5.05. The van der Waals surface area contributed by atoms with Gasteiger partial charge in [0.2, 0.25) is 11.0 Å². The molecule has 1 amide bonds. The normalized spacial score (nSPS) is 12.6. The number of rotatable bonds is 2. The average Bonchev–Trinajstić information content (AvgIpc) is 2.49. The van der Waals surface area contributed by atoms with Crippen LogP contribution in [0.15, 0.2) is 0 Å². The number of nitrogens with two attached hydrogens (primary N) is 1. The molecule has 0 unspecified atom stereocenters. The highest BCUT2D eigenvalue weighted by molar-refractivity contribution is 7.15. The molecule has 1 aromatic heterocycles. The maximum absolute atomic E-state index is 11.7. The highest BCUT2D eigenvalue weighted by Crippen LogP contribution is 2.25. The number of carbonyl (C=O) groups excluding carboxylic acids is 1. The number of carbonyl (C=O) groups is 1. The van der Waals surface area contributed by atoms with Crippen molar-refractivity contribution >= 4 is 22.4 Å². The van der Waals surface area contributed by atoms with Crippen LogP contribution in [0, 0.1) is 5.41 Å². The number of hydrogen-bond acceptors (Lipinski definition) is 5.